The normalized spacial score (nSPS) is 17.6. The van der Waals surface area contributed by atoms with Gasteiger partial charge in [0.1, 0.15) is 29.5 Å². The lowest BCUT2D eigenvalue weighted by atomic mass is 10.00. The molecule has 2 heterocycles. The van der Waals surface area contributed by atoms with Gasteiger partial charge in [0.25, 0.3) is 5.91 Å². The minimum Gasteiger partial charge on any atom is -0.338 e. The van der Waals surface area contributed by atoms with E-state index in [4.69, 9.17) is 0 Å². The summed E-state index contributed by atoms with van der Waals surface area (Å²) in [6.07, 6.45) is 3.35. The minimum atomic E-state index is -0.730. The number of carbonyl (C=O) groups excluding carboxylic acids is 1. The molecule has 1 aliphatic heterocycles. The van der Waals surface area contributed by atoms with Gasteiger partial charge in [0.2, 0.25) is 0 Å². The highest BCUT2D eigenvalue weighted by atomic mass is 19.1. The fourth-order valence-corrected chi connectivity index (χ4v) is 2.81. The van der Waals surface area contributed by atoms with Gasteiger partial charge in [0.15, 0.2) is 0 Å². The summed E-state index contributed by atoms with van der Waals surface area (Å²) in [5.74, 6) is -0.798. The van der Waals surface area contributed by atoms with Crippen molar-refractivity contribution in [3.63, 3.8) is 0 Å². The zero-order chi connectivity index (χ0) is 17.1. The van der Waals surface area contributed by atoms with Gasteiger partial charge < -0.3 is 10.2 Å². The molecule has 5 nitrogen and oxygen atoms in total. The van der Waals surface area contributed by atoms with Crippen LogP contribution in [0.1, 0.15) is 30.3 Å². The molecule has 1 saturated heterocycles. The van der Waals surface area contributed by atoms with E-state index >= 15 is 0 Å². The quantitative estimate of drug-likeness (QED) is 0.936. The number of halogens is 2. The lowest BCUT2D eigenvalue weighted by molar-refractivity contribution is 0.0677. The first-order valence-electron chi connectivity index (χ1n) is 7.86. The summed E-state index contributed by atoms with van der Waals surface area (Å²) in [6.45, 7) is 3.53. The Morgan fingerprint density at radius 3 is 2.88 bits per heavy atom. The second-order valence-corrected chi connectivity index (χ2v) is 6.04. The van der Waals surface area contributed by atoms with E-state index < -0.39 is 11.6 Å². The molecule has 1 unspecified atom stereocenters. The van der Waals surface area contributed by atoms with E-state index in [1.54, 1.807) is 4.90 Å². The maximum atomic E-state index is 13.7. The number of nitrogens with zero attached hydrogens (tertiary/aromatic N) is 3. The number of piperidine rings is 1. The Kier molecular flexibility index (Phi) is 4.69. The fraction of sp³-hybridized carbons (Fsp3) is 0.353. The van der Waals surface area contributed by atoms with Crippen LogP contribution in [0.25, 0.3) is 0 Å². The summed E-state index contributed by atoms with van der Waals surface area (Å²) >= 11 is 0. The van der Waals surface area contributed by atoms with Crippen molar-refractivity contribution in [3.05, 3.63) is 47.9 Å². The number of hydrogen-bond donors (Lipinski definition) is 1. The molecule has 1 atom stereocenters. The number of benzene rings is 1. The smallest absolute Gasteiger partial charge is 0.272 e. The molecule has 24 heavy (non-hydrogen) atoms. The van der Waals surface area contributed by atoms with Gasteiger partial charge in [-0.2, -0.15) is 0 Å². The van der Waals surface area contributed by atoms with E-state index in [1.165, 1.54) is 18.5 Å². The second kappa shape index (κ2) is 6.90. The molecule has 1 aliphatic rings. The Labute approximate surface area is 138 Å². The molecular formula is C17H18F2N4O. The zero-order valence-corrected chi connectivity index (χ0v) is 13.3. The van der Waals surface area contributed by atoms with Crippen molar-refractivity contribution in [1.29, 1.82) is 0 Å². The predicted molar refractivity (Wildman–Crippen MR) is 86.0 cm³/mol. The molecule has 0 radical (unpaired) electrons. The standard InChI is InChI=1S/C17H18F2N4O/c1-11-3-2-6-23(9-11)17(24)15-8-16(21-10-20-15)22-14-5-4-12(18)7-13(14)19/h4-5,7-8,10-11H,2-3,6,9H2,1H3,(H,20,21,22). The average molecular weight is 332 g/mol. The SMILES string of the molecule is CC1CCCN(C(=O)c2cc(Nc3ccc(F)cc3F)ncn2)C1. The van der Waals surface area contributed by atoms with Gasteiger partial charge in [0.05, 0.1) is 5.69 Å². The van der Waals surface area contributed by atoms with Crippen molar-refractivity contribution in [1.82, 2.24) is 14.9 Å². The van der Waals surface area contributed by atoms with Gasteiger partial charge in [-0.05, 0) is 30.9 Å². The van der Waals surface area contributed by atoms with Gasteiger partial charge in [-0.3, -0.25) is 4.79 Å². The van der Waals surface area contributed by atoms with Crippen LogP contribution in [-0.2, 0) is 0 Å². The first kappa shape index (κ1) is 16.3. The third-order valence-corrected chi connectivity index (χ3v) is 4.02. The number of carbonyl (C=O) groups is 1. The van der Waals surface area contributed by atoms with E-state index in [-0.39, 0.29) is 23.1 Å². The molecule has 1 fully saturated rings. The zero-order valence-electron chi connectivity index (χ0n) is 13.3. The lowest BCUT2D eigenvalue weighted by Crippen LogP contribution is -2.39. The monoisotopic (exact) mass is 332 g/mol. The lowest BCUT2D eigenvalue weighted by Gasteiger charge is -2.30. The van der Waals surface area contributed by atoms with E-state index in [9.17, 15) is 13.6 Å². The number of hydrogen-bond acceptors (Lipinski definition) is 4. The van der Waals surface area contributed by atoms with Crippen molar-refractivity contribution in [2.45, 2.75) is 19.8 Å². The number of nitrogens with one attached hydrogen (secondary N) is 1. The molecule has 1 amide bonds. The average Bonchev–Trinajstić information content (AvgIpc) is 2.57. The Morgan fingerprint density at radius 1 is 1.29 bits per heavy atom. The second-order valence-electron chi connectivity index (χ2n) is 6.04. The maximum absolute atomic E-state index is 13.7. The number of anilines is 2. The van der Waals surface area contributed by atoms with Crippen molar-refractivity contribution >= 4 is 17.4 Å². The van der Waals surface area contributed by atoms with Crippen LogP contribution in [0.5, 0.6) is 0 Å². The molecule has 7 heteroatoms. The Balaban J connectivity index is 1.77. The highest BCUT2D eigenvalue weighted by molar-refractivity contribution is 5.93. The molecule has 2 aromatic rings. The molecule has 1 aromatic heterocycles. The van der Waals surface area contributed by atoms with Crippen molar-refractivity contribution in [3.8, 4) is 0 Å². The van der Waals surface area contributed by atoms with Gasteiger partial charge in [-0.1, -0.05) is 6.92 Å². The van der Waals surface area contributed by atoms with Gasteiger partial charge in [0, 0.05) is 25.2 Å². The van der Waals surface area contributed by atoms with Crippen LogP contribution in [0, 0.1) is 17.6 Å². The van der Waals surface area contributed by atoms with Crippen molar-refractivity contribution < 1.29 is 13.6 Å². The van der Waals surface area contributed by atoms with Crippen LogP contribution in [0.3, 0.4) is 0 Å². The predicted octanol–water partition coefficient (Wildman–Crippen LogP) is 3.37. The van der Waals surface area contributed by atoms with Crippen LogP contribution in [0.4, 0.5) is 20.3 Å². The van der Waals surface area contributed by atoms with Crippen molar-refractivity contribution in [2.24, 2.45) is 5.92 Å². The number of amides is 1. The van der Waals surface area contributed by atoms with Gasteiger partial charge in [-0.25, -0.2) is 18.7 Å². The summed E-state index contributed by atoms with van der Waals surface area (Å²) < 4.78 is 26.7. The van der Waals surface area contributed by atoms with Crippen LogP contribution < -0.4 is 5.32 Å². The molecule has 0 aliphatic carbocycles. The highest BCUT2D eigenvalue weighted by Gasteiger charge is 2.23. The molecule has 0 bridgehead atoms. The summed E-state index contributed by atoms with van der Waals surface area (Å²) in [7, 11) is 0. The van der Waals surface area contributed by atoms with E-state index in [2.05, 4.69) is 22.2 Å². The van der Waals surface area contributed by atoms with Crippen LogP contribution in [0.2, 0.25) is 0 Å². The Bertz CT molecular complexity index is 753. The van der Waals surface area contributed by atoms with Gasteiger partial charge >= 0.3 is 0 Å². The maximum Gasteiger partial charge on any atom is 0.272 e. The number of aromatic nitrogens is 2. The summed E-state index contributed by atoms with van der Waals surface area (Å²) in [5.41, 5.74) is 0.337. The fourth-order valence-electron chi connectivity index (χ4n) is 2.81. The third kappa shape index (κ3) is 3.67. The van der Waals surface area contributed by atoms with E-state index in [0.29, 0.717) is 19.0 Å². The van der Waals surface area contributed by atoms with Gasteiger partial charge in [-0.15, -0.1) is 0 Å². The Morgan fingerprint density at radius 2 is 2.12 bits per heavy atom. The third-order valence-electron chi connectivity index (χ3n) is 4.02. The van der Waals surface area contributed by atoms with Crippen LogP contribution >= 0.6 is 0 Å². The molecule has 126 valence electrons. The van der Waals surface area contributed by atoms with Crippen LogP contribution in [0.15, 0.2) is 30.6 Å². The Hall–Kier alpha value is -2.57. The minimum absolute atomic E-state index is 0.0834. The number of rotatable bonds is 3. The highest BCUT2D eigenvalue weighted by Crippen LogP contribution is 2.21. The molecule has 1 N–H and O–H groups in total. The molecule has 0 saturated carbocycles. The first-order chi connectivity index (χ1) is 11.5. The van der Waals surface area contributed by atoms with Crippen LogP contribution in [-0.4, -0.2) is 33.9 Å². The van der Waals surface area contributed by atoms with E-state index in [0.717, 1.165) is 25.0 Å². The van der Waals surface area contributed by atoms with Crippen molar-refractivity contribution in [2.75, 3.05) is 18.4 Å². The molecule has 1 aromatic carbocycles. The largest absolute Gasteiger partial charge is 0.338 e. The first-order valence-corrected chi connectivity index (χ1v) is 7.86. The molecular weight excluding hydrogens is 314 g/mol. The van der Waals surface area contributed by atoms with E-state index in [1.807, 2.05) is 0 Å². The molecule has 0 spiro atoms. The topological polar surface area (TPSA) is 58.1 Å². The molecule has 3 rings (SSSR count). The number of likely N-dealkylation sites (tertiary alicyclic amines) is 1. The summed E-state index contributed by atoms with van der Waals surface area (Å²) in [4.78, 5) is 22.3. The summed E-state index contributed by atoms with van der Waals surface area (Å²) in [5, 5.41) is 2.74. The summed E-state index contributed by atoms with van der Waals surface area (Å²) in [6, 6.07) is 4.68.